The molecule has 1 aliphatic rings. The van der Waals surface area contributed by atoms with Crippen molar-refractivity contribution in [3.05, 3.63) is 28.8 Å². The average molecular weight is 225 g/mol. The number of nitrogens with two attached hydrogens (primary N) is 1. The van der Waals surface area contributed by atoms with Crippen LogP contribution in [0.2, 0.25) is 5.02 Å². The van der Waals surface area contributed by atoms with Crippen LogP contribution in [0.25, 0.3) is 0 Å². The van der Waals surface area contributed by atoms with Crippen molar-refractivity contribution >= 4 is 23.2 Å². The Bertz CT molecular complexity index is 392. The van der Waals surface area contributed by atoms with Crippen molar-refractivity contribution < 1.29 is 4.79 Å². The summed E-state index contributed by atoms with van der Waals surface area (Å²) in [5.74, 6) is 0.385. The SMILES string of the molecule is Nc1ccc(C2CCNC(=O)C2)cc1Cl. The molecule has 1 atom stereocenters. The Kier molecular flexibility index (Phi) is 2.82. The Hall–Kier alpha value is -1.22. The van der Waals surface area contributed by atoms with Crippen LogP contribution in [0.3, 0.4) is 0 Å². The number of hydrogen-bond donors (Lipinski definition) is 2. The highest BCUT2D eigenvalue weighted by atomic mass is 35.5. The van der Waals surface area contributed by atoms with Crippen LogP contribution in [0.5, 0.6) is 0 Å². The molecule has 1 amide bonds. The van der Waals surface area contributed by atoms with Gasteiger partial charge in [0.25, 0.3) is 0 Å². The molecular formula is C11H13ClN2O. The zero-order valence-electron chi connectivity index (χ0n) is 8.29. The monoisotopic (exact) mass is 224 g/mol. The minimum absolute atomic E-state index is 0.110. The molecule has 0 spiro atoms. The quantitative estimate of drug-likeness (QED) is 0.716. The standard InChI is InChI=1S/C11H13ClN2O/c12-9-5-7(1-2-10(9)13)8-3-4-14-11(15)6-8/h1-2,5,8H,3-4,6,13H2,(H,14,15). The number of hydrogen-bond acceptors (Lipinski definition) is 2. The van der Waals surface area contributed by atoms with E-state index in [0.717, 1.165) is 18.5 Å². The summed E-state index contributed by atoms with van der Waals surface area (Å²) in [6.07, 6.45) is 1.51. The molecule has 1 aliphatic heterocycles. The maximum Gasteiger partial charge on any atom is 0.220 e. The molecule has 0 saturated carbocycles. The third-order valence-corrected chi connectivity index (χ3v) is 3.07. The van der Waals surface area contributed by atoms with E-state index in [-0.39, 0.29) is 11.8 Å². The second-order valence-corrected chi connectivity index (χ2v) is 4.23. The number of carbonyl (C=O) groups excluding carboxylic acids is 1. The number of nitrogen functional groups attached to an aromatic ring is 1. The third kappa shape index (κ3) is 2.23. The van der Waals surface area contributed by atoms with E-state index in [0.29, 0.717) is 17.1 Å². The lowest BCUT2D eigenvalue weighted by atomic mass is 9.90. The van der Waals surface area contributed by atoms with Gasteiger partial charge in [-0.05, 0) is 30.0 Å². The molecule has 1 saturated heterocycles. The van der Waals surface area contributed by atoms with E-state index in [1.807, 2.05) is 12.1 Å². The van der Waals surface area contributed by atoms with Crippen molar-refractivity contribution in [1.82, 2.24) is 5.32 Å². The Balaban J connectivity index is 2.21. The first-order valence-corrected chi connectivity index (χ1v) is 5.36. The lowest BCUT2D eigenvalue weighted by Gasteiger charge is -2.22. The maximum absolute atomic E-state index is 11.2. The number of benzene rings is 1. The number of piperidine rings is 1. The van der Waals surface area contributed by atoms with Gasteiger partial charge in [-0.3, -0.25) is 4.79 Å². The van der Waals surface area contributed by atoms with Crippen molar-refractivity contribution in [2.45, 2.75) is 18.8 Å². The van der Waals surface area contributed by atoms with Crippen LogP contribution in [0.1, 0.15) is 24.3 Å². The summed E-state index contributed by atoms with van der Waals surface area (Å²) < 4.78 is 0. The van der Waals surface area contributed by atoms with E-state index in [1.54, 1.807) is 6.07 Å². The fraction of sp³-hybridized carbons (Fsp3) is 0.364. The first-order valence-electron chi connectivity index (χ1n) is 4.98. The van der Waals surface area contributed by atoms with Gasteiger partial charge in [-0.1, -0.05) is 17.7 Å². The van der Waals surface area contributed by atoms with E-state index in [9.17, 15) is 4.79 Å². The van der Waals surface area contributed by atoms with Crippen LogP contribution < -0.4 is 11.1 Å². The topological polar surface area (TPSA) is 55.1 Å². The summed E-state index contributed by atoms with van der Waals surface area (Å²) in [5, 5.41) is 3.38. The van der Waals surface area contributed by atoms with E-state index < -0.39 is 0 Å². The number of carbonyl (C=O) groups is 1. The predicted octanol–water partition coefficient (Wildman–Crippen LogP) is 1.92. The highest BCUT2D eigenvalue weighted by Crippen LogP contribution is 2.29. The van der Waals surface area contributed by atoms with Crippen LogP contribution in [-0.2, 0) is 4.79 Å². The van der Waals surface area contributed by atoms with Gasteiger partial charge in [0.15, 0.2) is 0 Å². The summed E-state index contributed by atoms with van der Waals surface area (Å²) >= 11 is 5.94. The molecule has 0 aromatic heterocycles. The minimum atomic E-state index is 0.110. The number of amides is 1. The van der Waals surface area contributed by atoms with E-state index in [1.165, 1.54) is 0 Å². The molecular weight excluding hydrogens is 212 g/mol. The molecule has 1 aromatic rings. The van der Waals surface area contributed by atoms with Crippen LogP contribution in [0, 0.1) is 0 Å². The van der Waals surface area contributed by atoms with Crippen molar-refractivity contribution in [1.29, 1.82) is 0 Å². The van der Waals surface area contributed by atoms with Crippen LogP contribution in [-0.4, -0.2) is 12.5 Å². The van der Waals surface area contributed by atoms with Gasteiger partial charge >= 0.3 is 0 Å². The first-order chi connectivity index (χ1) is 7.16. The molecule has 3 nitrogen and oxygen atoms in total. The number of nitrogens with one attached hydrogen (secondary N) is 1. The van der Waals surface area contributed by atoms with Gasteiger partial charge < -0.3 is 11.1 Å². The summed E-state index contributed by atoms with van der Waals surface area (Å²) in [6, 6.07) is 5.61. The Morgan fingerprint density at radius 1 is 1.47 bits per heavy atom. The fourth-order valence-corrected chi connectivity index (χ4v) is 2.05. The average Bonchev–Trinajstić information content (AvgIpc) is 2.22. The molecule has 1 fully saturated rings. The molecule has 1 heterocycles. The van der Waals surface area contributed by atoms with Crippen molar-refractivity contribution in [3.63, 3.8) is 0 Å². The van der Waals surface area contributed by atoms with Crippen molar-refractivity contribution in [2.75, 3.05) is 12.3 Å². The molecule has 3 N–H and O–H groups in total. The molecule has 1 unspecified atom stereocenters. The van der Waals surface area contributed by atoms with Crippen LogP contribution >= 0.6 is 11.6 Å². The predicted molar refractivity (Wildman–Crippen MR) is 60.8 cm³/mol. The highest BCUT2D eigenvalue weighted by Gasteiger charge is 2.20. The van der Waals surface area contributed by atoms with Gasteiger partial charge in [-0.25, -0.2) is 0 Å². The summed E-state index contributed by atoms with van der Waals surface area (Å²) in [7, 11) is 0. The zero-order chi connectivity index (χ0) is 10.8. The second kappa shape index (κ2) is 4.11. The van der Waals surface area contributed by atoms with Crippen LogP contribution in [0.4, 0.5) is 5.69 Å². The zero-order valence-corrected chi connectivity index (χ0v) is 9.05. The largest absolute Gasteiger partial charge is 0.398 e. The normalized spacial score (nSPS) is 21.1. The fourth-order valence-electron chi connectivity index (χ4n) is 1.87. The molecule has 2 rings (SSSR count). The Morgan fingerprint density at radius 2 is 2.27 bits per heavy atom. The molecule has 80 valence electrons. The smallest absolute Gasteiger partial charge is 0.220 e. The third-order valence-electron chi connectivity index (χ3n) is 2.74. The summed E-state index contributed by atoms with van der Waals surface area (Å²) in [6.45, 7) is 0.742. The van der Waals surface area contributed by atoms with Gasteiger partial charge in [-0.15, -0.1) is 0 Å². The minimum Gasteiger partial charge on any atom is -0.398 e. The molecule has 4 heteroatoms. The van der Waals surface area contributed by atoms with Gasteiger partial charge in [0, 0.05) is 13.0 Å². The van der Waals surface area contributed by atoms with Crippen molar-refractivity contribution in [3.8, 4) is 0 Å². The number of anilines is 1. The second-order valence-electron chi connectivity index (χ2n) is 3.82. The Labute approximate surface area is 93.6 Å². The number of halogens is 1. The maximum atomic E-state index is 11.2. The highest BCUT2D eigenvalue weighted by molar-refractivity contribution is 6.33. The van der Waals surface area contributed by atoms with Gasteiger partial charge in [-0.2, -0.15) is 0 Å². The molecule has 1 aromatic carbocycles. The first kappa shape index (κ1) is 10.3. The molecule has 0 radical (unpaired) electrons. The molecule has 0 bridgehead atoms. The van der Waals surface area contributed by atoms with E-state index in [4.69, 9.17) is 17.3 Å². The lowest BCUT2D eigenvalue weighted by molar-refractivity contribution is -0.122. The summed E-state index contributed by atoms with van der Waals surface area (Å²) in [5.41, 5.74) is 7.32. The molecule has 15 heavy (non-hydrogen) atoms. The summed E-state index contributed by atoms with van der Waals surface area (Å²) in [4.78, 5) is 11.2. The van der Waals surface area contributed by atoms with E-state index >= 15 is 0 Å². The van der Waals surface area contributed by atoms with Crippen LogP contribution in [0.15, 0.2) is 18.2 Å². The van der Waals surface area contributed by atoms with Gasteiger partial charge in [0.2, 0.25) is 5.91 Å². The molecule has 0 aliphatic carbocycles. The number of rotatable bonds is 1. The lowest BCUT2D eigenvalue weighted by Crippen LogP contribution is -2.32. The van der Waals surface area contributed by atoms with E-state index in [2.05, 4.69) is 5.32 Å². The van der Waals surface area contributed by atoms with Gasteiger partial charge in [0.05, 0.1) is 10.7 Å². The van der Waals surface area contributed by atoms with Gasteiger partial charge in [0.1, 0.15) is 0 Å². The Morgan fingerprint density at radius 3 is 2.93 bits per heavy atom. The van der Waals surface area contributed by atoms with Crippen molar-refractivity contribution in [2.24, 2.45) is 0 Å².